The van der Waals surface area contributed by atoms with Gasteiger partial charge in [-0.15, -0.1) is 0 Å². The molecule has 1 rings (SSSR count). The highest BCUT2D eigenvalue weighted by atomic mass is 14.8. The molecular formula is C11H25N. The van der Waals surface area contributed by atoms with Gasteiger partial charge in [-0.2, -0.15) is 0 Å². The summed E-state index contributed by atoms with van der Waals surface area (Å²) in [5.41, 5.74) is 0. The maximum atomic E-state index is 3.02. The maximum absolute atomic E-state index is 3.02. The number of hydrogen-bond acceptors (Lipinski definition) is 1. The largest absolute Gasteiger partial charge is 0.320 e. The van der Waals surface area contributed by atoms with Crippen molar-refractivity contribution in [3.05, 3.63) is 0 Å². The molecule has 0 bridgehead atoms. The molecule has 12 heavy (non-hydrogen) atoms. The van der Waals surface area contributed by atoms with Crippen LogP contribution in [0.25, 0.3) is 0 Å². The molecule has 0 amide bonds. The number of nitrogens with one attached hydrogen (secondary N) is 1. The van der Waals surface area contributed by atoms with Gasteiger partial charge in [-0.25, -0.2) is 0 Å². The molecule has 1 saturated carbocycles. The molecule has 1 N–H and O–H groups in total. The highest BCUT2D eigenvalue weighted by molar-refractivity contribution is 4.69. The van der Waals surface area contributed by atoms with E-state index in [1.807, 2.05) is 7.05 Å². The summed E-state index contributed by atoms with van der Waals surface area (Å²) in [6.07, 6.45) is 5.65. The van der Waals surface area contributed by atoms with Gasteiger partial charge in [0.05, 0.1) is 0 Å². The van der Waals surface area contributed by atoms with Crippen molar-refractivity contribution in [3.63, 3.8) is 0 Å². The summed E-state index contributed by atoms with van der Waals surface area (Å²) >= 11 is 0. The Morgan fingerprint density at radius 2 is 1.67 bits per heavy atom. The maximum Gasteiger partial charge on any atom is -0.00546 e. The fourth-order valence-corrected chi connectivity index (χ4v) is 1.58. The second-order valence-corrected chi connectivity index (χ2v) is 3.99. The van der Waals surface area contributed by atoms with Crippen LogP contribution in [0.2, 0.25) is 0 Å². The average molecular weight is 171 g/mol. The average Bonchev–Trinajstić information content (AvgIpc) is 2.39. The van der Waals surface area contributed by atoms with Crippen LogP contribution in [-0.2, 0) is 0 Å². The first kappa shape index (κ1) is 12.0. The van der Waals surface area contributed by atoms with Gasteiger partial charge in [0.25, 0.3) is 0 Å². The Kier molecular flexibility index (Phi) is 7.58. The fraction of sp³-hybridized carbons (Fsp3) is 1.00. The summed E-state index contributed by atoms with van der Waals surface area (Å²) in [6.45, 7) is 8.01. The molecule has 1 fully saturated rings. The normalized spacial score (nSPS) is 28.0. The van der Waals surface area contributed by atoms with Gasteiger partial charge in [0.15, 0.2) is 0 Å². The second kappa shape index (κ2) is 7.60. The smallest absolute Gasteiger partial charge is 0.00546 e. The number of hydrogen-bond donors (Lipinski definition) is 1. The minimum absolute atomic E-state index is 1.01. The third-order valence-corrected chi connectivity index (χ3v) is 2.79. The van der Waals surface area contributed by atoms with Gasteiger partial charge in [-0.05, 0) is 31.8 Å². The van der Waals surface area contributed by atoms with Gasteiger partial charge in [-0.3, -0.25) is 0 Å². The van der Waals surface area contributed by atoms with E-state index in [0.717, 1.165) is 18.4 Å². The van der Waals surface area contributed by atoms with Gasteiger partial charge >= 0.3 is 0 Å². The zero-order valence-electron chi connectivity index (χ0n) is 9.19. The molecule has 1 heteroatoms. The van der Waals surface area contributed by atoms with Crippen LogP contribution >= 0.6 is 0 Å². The predicted molar refractivity (Wildman–Crippen MR) is 56.4 cm³/mol. The molecule has 0 spiro atoms. The van der Waals surface area contributed by atoms with Gasteiger partial charge in [0.1, 0.15) is 0 Å². The molecule has 74 valence electrons. The first-order valence-corrected chi connectivity index (χ1v) is 5.37. The van der Waals surface area contributed by atoms with Gasteiger partial charge in [0.2, 0.25) is 0 Å². The van der Waals surface area contributed by atoms with Crippen LogP contribution in [0, 0.1) is 11.8 Å². The Morgan fingerprint density at radius 1 is 1.17 bits per heavy atom. The van der Waals surface area contributed by atoms with Crippen molar-refractivity contribution in [2.24, 2.45) is 11.8 Å². The SMILES string of the molecule is CC1CCCC1C.CCCNC. The van der Waals surface area contributed by atoms with Crippen molar-refractivity contribution in [2.45, 2.75) is 46.5 Å². The Morgan fingerprint density at radius 3 is 1.75 bits per heavy atom. The van der Waals surface area contributed by atoms with Crippen LogP contribution in [0.15, 0.2) is 0 Å². The van der Waals surface area contributed by atoms with E-state index in [1.54, 1.807) is 0 Å². The molecule has 2 atom stereocenters. The highest BCUT2D eigenvalue weighted by Gasteiger charge is 2.17. The van der Waals surface area contributed by atoms with E-state index in [4.69, 9.17) is 0 Å². The van der Waals surface area contributed by atoms with Gasteiger partial charge in [0, 0.05) is 0 Å². The quantitative estimate of drug-likeness (QED) is 0.673. The Labute approximate surface area is 77.9 Å². The molecule has 1 nitrogen and oxygen atoms in total. The van der Waals surface area contributed by atoms with Crippen LogP contribution in [0.3, 0.4) is 0 Å². The van der Waals surface area contributed by atoms with Crippen molar-refractivity contribution >= 4 is 0 Å². The topological polar surface area (TPSA) is 12.0 Å². The summed E-state index contributed by atoms with van der Waals surface area (Å²) in [4.78, 5) is 0. The zero-order valence-corrected chi connectivity index (χ0v) is 9.19. The first-order chi connectivity index (χ1) is 5.72. The summed E-state index contributed by atoms with van der Waals surface area (Å²) in [5.74, 6) is 2.03. The van der Waals surface area contributed by atoms with Crippen molar-refractivity contribution in [2.75, 3.05) is 13.6 Å². The minimum Gasteiger partial charge on any atom is -0.320 e. The van der Waals surface area contributed by atoms with Crippen LogP contribution in [0.4, 0.5) is 0 Å². The summed E-state index contributed by atoms with van der Waals surface area (Å²) in [6, 6.07) is 0. The Balaban J connectivity index is 0.000000217. The van der Waals surface area contributed by atoms with Gasteiger partial charge < -0.3 is 5.32 Å². The third kappa shape index (κ3) is 5.59. The lowest BCUT2D eigenvalue weighted by Crippen LogP contribution is -2.04. The molecule has 1 aliphatic rings. The molecule has 0 radical (unpaired) electrons. The van der Waals surface area contributed by atoms with Crippen LogP contribution in [0.5, 0.6) is 0 Å². The molecule has 0 heterocycles. The van der Waals surface area contributed by atoms with Gasteiger partial charge in [-0.1, -0.05) is 40.0 Å². The lowest BCUT2D eigenvalue weighted by molar-refractivity contribution is 0.457. The summed E-state index contributed by atoms with van der Waals surface area (Å²) in [5, 5.41) is 3.02. The van der Waals surface area contributed by atoms with E-state index >= 15 is 0 Å². The lowest BCUT2D eigenvalue weighted by atomic mass is 10.0. The molecular weight excluding hydrogens is 146 g/mol. The summed E-state index contributed by atoms with van der Waals surface area (Å²) in [7, 11) is 1.96. The van der Waals surface area contributed by atoms with Crippen molar-refractivity contribution in [3.8, 4) is 0 Å². The van der Waals surface area contributed by atoms with E-state index < -0.39 is 0 Å². The van der Waals surface area contributed by atoms with Crippen LogP contribution < -0.4 is 5.32 Å². The van der Waals surface area contributed by atoms with E-state index in [0.29, 0.717) is 0 Å². The van der Waals surface area contributed by atoms with E-state index in [9.17, 15) is 0 Å². The predicted octanol–water partition coefficient (Wildman–Crippen LogP) is 3.06. The van der Waals surface area contributed by atoms with Crippen LogP contribution in [0.1, 0.15) is 46.5 Å². The third-order valence-electron chi connectivity index (χ3n) is 2.79. The molecule has 0 aromatic heterocycles. The van der Waals surface area contributed by atoms with Crippen molar-refractivity contribution in [1.29, 1.82) is 0 Å². The second-order valence-electron chi connectivity index (χ2n) is 3.99. The standard InChI is InChI=1S/C7H14.C4H11N/c1-6-4-3-5-7(6)2;1-3-4-5-2/h6-7H,3-5H2,1-2H3;5H,3-4H2,1-2H3. The molecule has 0 aliphatic heterocycles. The fourth-order valence-electron chi connectivity index (χ4n) is 1.58. The molecule has 0 saturated heterocycles. The zero-order chi connectivity index (χ0) is 9.40. The van der Waals surface area contributed by atoms with E-state index in [2.05, 4.69) is 26.1 Å². The monoisotopic (exact) mass is 171 g/mol. The number of rotatable bonds is 2. The molecule has 2 unspecified atom stereocenters. The molecule has 0 aromatic rings. The Hall–Kier alpha value is -0.0400. The van der Waals surface area contributed by atoms with E-state index in [-0.39, 0.29) is 0 Å². The lowest BCUT2D eigenvalue weighted by Gasteiger charge is -2.05. The molecule has 0 aromatic carbocycles. The highest BCUT2D eigenvalue weighted by Crippen LogP contribution is 2.29. The van der Waals surface area contributed by atoms with E-state index in [1.165, 1.54) is 25.7 Å². The summed E-state index contributed by atoms with van der Waals surface area (Å²) < 4.78 is 0. The minimum atomic E-state index is 1.01. The Bertz CT molecular complexity index is 81.0. The van der Waals surface area contributed by atoms with Crippen molar-refractivity contribution < 1.29 is 0 Å². The van der Waals surface area contributed by atoms with Crippen molar-refractivity contribution in [1.82, 2.24) is 5.32 Å². The first-order valence-electron chi connectivity index (χ1n) is 5.37. The molecule has 1 aliphatic carbocycles. The van der Waals surface area contributed by atoms with Crippen LogP contribution in [-0.4, -0.2) is 13.6 Å².